The van der Waals surface area contributed by atoms with Crippen molar-refractivity contribution in [3.63, 3.8) is 0 Å². The number of allylic oxidation sites excluding steroid dienone is 1. The molecule has 1 unspecified atom stereocenters. The Hall–Kier alpha value is -3.30. The zero-order chi connectivity index (χ0) is 23.5. The van der Waals surface area contributed by atoms with Gasteiger partial charge in [-0.15, -0.1) is 0 Å². The Labute approximate surface area is 199 Å². The number of rotatable bonds is 5. The predicted molar refractivity (Wildman–Crippen MR) is 133 cm³/mol. The van der Waals surface area contributed by atoms with Crippen molar-refractivity contribution >= 4 is 22.4 Å². The van der Waals surface area contributed by atoms with E-state index in [4.69, 9.17) is 30.2 Å². The molecule has 0 saturated carbocycles. The Bertz CT molecular complexity index is 1210. The van der Waals surface area contributed by atoms with Gasteiger partial charge in [-0.25, -0.2) is 4.98 Å². The number of aliphatic imine (C=N–C) groups is 1. The highest BCUT2D eigenvalue weighted by molar-refractivity contribution is 6.15. The summed E-state index contributed by atoms with van der Waals surface area (Å²) in [5.74, 6) is 0.888. The summed E-state index contributed by atoms with van der Waals surface area (Å²) in [5, 5.41) is 5.39. The Morgan fingerprint density at radius 2 is 2.15 bits per heavy atom. The first-order chi connectivity index (χ1) is 16.7. The number of anilines is 1. The van der Waals surface area contributed by atoms with E-state index in [2.05, 4.69) is 23.0 Å². The first kappa shape index (κ1) is 22.5. The molecule has 5 rings (SSSR count). The van der Waals surface area contributed by atoms with Crippen LogP contribution in [0.4, 0.5) is 5.82 Å². The van der Waals surface area contributed by atoms with Crippen LogP contribution < -0.4 is 10.6 Å². The van der Waals surface area contributed by atoms with E-state index in [9.17, 15) is 0 Å². The molecule has 0 bridgehead atoms. The van der Waals surface area contributed by atoms with Crippen LogP contribution in [0, 0.1) is 0 Å². The molecule has 2 saturated heterocycles. The zero-order valence-corrected chi connectivity index (χ0v) is 19.7. The average Bonchev–Trinajstić information content (AvgIpc) is 3.29. The molecule has 9 nitrogen and oxygen atoms in total. The number of hydrogen-bond donors (Lipinski definition) is 1. The number of nitrogens with zero attached hydrogens (tertiary/aromatic N) is 6. The van der Waals surface area contributed by atoms with Gasteiger partial charge in [-0.1, -0.05) is 0 Å². The minimum atomic E-state index is -0.198. The summed E-state index contributed by atoms with van der Waals surface area (Å²) in [5.41, 5.74) is 10.0. The maximum atomic E-state index is 5.88. The lowest BCUT2D eigenvalue weighted by atomic mass is 10.0. The van der Waals surface area contributed by atoms with Gasteiger partial charge in [0.15, 0.2) is 0 Å². The summed E-state index contributed by atoms with van der Waals surface area (Å²) in [6, 6.07) is 6.38. The number of aromatic nitrogens is 4. The van der Waals surface area contributed by atoms with Crippen LogP contribution in [0.2, 0.25) is 0 Å². The number of pyridine rings is 2. The predicted octanol–water partition coefficient (Wildman–Crippen LogP) is 3.04. The summed E-state index contributed by atoms with van der Waals surface area (Å²) in [6.45, 7) is 5.00. The van der Waals surface area contributed by atoms with E-state index in [-0.39, 0.29) is 12.3 Å². The first-order valence-electron chi connectivity index (χ1n) is 11.9. The number of ether oxygens (including phenoxy) is 2. The van der Waals surface area contributed by atoms with Crippen LogP contribution >= 0.6 is 0 Å². The molecule has 34 heavy (non-hydrogen) atoms. The molecule has 3 aromatic heterocycles. The summed E-state index contributed by atoms with van der Waals surface area (Å²) in [6.07, 6.45) is 9.75. The number of aryl methyl sites for hydroxylation is 1. The highest BCUT2D eigenvalue weighted by Gasteiger charge is 2.24. The number of fused-ring (bicyclic) bond motifs is 1. The summed E-state index contributed by atoms with van der Waals surface area (Å²) in [4.78, 5) is 17.0. The minimum Gasteiger partial charge on any atom is -0.405 e. The van der Waals surface area contributed by atoms with Crippen molar-refractivity contribution in [2.24, 2.45) is 17.8 Å². The Morgan fingerprint density at radius 1 is 1.24 bits per heavy atom. The topological polar surface area (TPSA) is 104 Å². The summed E-state index contributed by atoms with van der Waals surface area (Å²) >= 11 is 0. The van der Waals surface area contributed by atoms with Gasteiger partial charge in [-0.3, -0.25) is 14.7 Å². The van der Waals surface area contributed by atoms with Gasteiger partial charge in [0, 0.05) is 43.5 Å². The van der Waals surface area contributed by atoms with Gasteiger partial charge in [0.05, 0.1) is 30.7 Å². The SMILES string of the molecule is C[C@@H]1COCCN1c1cc(-c2ccnn2C)c2ccnc(C(C=CN)=NC3CCCCO3)c2n1. The maximum absolute atomic E-state index is 5.88. The van der Waals surface area contributed by atoms with Gasteiger partial charge in [-0.2, -0.15) is 5.10 Å². The van der Waals surface area contributed by atoms with Crippen molar-refractivity contribution in [3.05, 3.63) is 48.6 Å². The lowest BCUT2D eigenvalue weighted by Crippen LogP contribution is -2.44. The van der Waals surface area contributed by atoms with Crippen molar-refractivity contribution in [2.75, 3.05) is 31.3 Å². The fourth-order valence-electron chi connectivity index (χ4n) is 4.65. The second kappa shape index (κ2) is 9.90. The van der Waals surface area contributed by atoms with E-state index in [1.165, 1.54) is 6.20 Å². The lowest BCUT2D eigenvalue weighted by molar-refractivity contribution is 0.0224. The number of hydrogen-bond acceptors (Lipinski definition) is 8. The van der Waals surface area contributed by atoms with E-state index in [1.54, 1.807) is 12.3 Å². The third-order valence-electron chi connectivity index (χ3n) is 6.41. The molecule has 178 valence electrons. The van der Waals surface area contributed by atoms with Gasteiger partial charge >= 0.3 is 0 Å². The molecule has 0 aliphatic carbocycles. The van der Waals surface area contributed by atoms with Crippen molar-refractivity contribution < 1.29 is 9.47 Å². The van der Waals surface area contributed by atoms with E-state index < -0.39 is 0 Å². The minimum absolute atomic E-state index is 0.198. The number of morpholine rings is 1. The van der Waals surface area contributed by atoms with Crippen LogP contribution in [0.3, 0.4) is 0 Å². The lowest BCUT2D eigenvalue weighted by Gasteiger charge is -2.34. The summed E-state index contributed by atoms with van der Waals surface area (Å²) < 4.78 is 13.4. The van der Waals surface area contributed by atoms with Crippen molar-refractivity contribution in [2.45, 2.75) is 38.5 Å². The first-order valence-corrected chi connectivity index (χ1v) is 11.9. The maximum Gasteiger partial charge on any atom is 0.149 e. The van der Waals surface area contributed by atoms with Crippen LogP contribution in [0.15, 0.2) is 47.9 Å². The quantitative estimate of drug-likeness (QED) is 0.583. The molecule has 0 amide bonds. The molecule has 3 aromatic rings. The summed E-state index contributed by atoms with van der Waals surface area (Å²) in [7, 11) is 1.95. The second-order valence-corrected chi connectivity index (χ2v) is 8.74. The van der Waals surface area contributed by atoms with E-state index in [0.29, 0.717) is 24.6 Å². The normalized spacial score (nSPS) is 22.1. The van der Waals surface area contributed by atoms with E-state index in [1.807, 2.05) is 30.1 Å². The highest BCUT2D eigenvalue weighted by atomic mass is 16.5. The van der Waals surface area contributed by atoms with E-state index in [0.717, 1.165) is 60.4 Å². The standard InChI is InChI=1S/C25H31N7O2/c1-17-16-33-14-12-32(17)22-15-19(21-8-11-28-31(21)2)18-7-10-27-25(24(18)30-22)20(6-9-26)29-23-5-3-4-13-34-23/h6-11,15,17,23H,3-5,12-14,16,26H2,1-2H3/t17-,23?/m1/s1. The second-order valence-electron chi connectivity index (χ2n) is 8.74. The Balaban J connectivity index is 1.72. The molecule has 2 atom stereocenters. The largest absolute Gasteiger partial charge is 0.405 e. The Kier molecular flexibility index (Phi) is 6.55. The van der Waals surface area contributed by atoms with E-state index >= 15 is 0 Å². The van der Waals surface area contributed by atoms with Crippen LogP contribution in [0.5, 0.6) is 0 Å². The van der Waals surface area contributed by atoms with Gasteiger partial charge in [-0.05, 0) is 56.7 Å². The molecular formula is C25H31N7O2. The Morgan fingerprint density at radius 3 is 2.88 bits per heavy atom. The fraction of sp³-hybridized carbons (Fsp3) is 0.440. The molecule has 2 fully saturated rings. The van der Waals surface area contributed by atoms with Gasteiger partial charge in [0.1, 0.15) is 23.3 Å². The molecule has 9 heteroatoms. The van der Waals surface area contributed by atoms with Crippen molar-refractivity contribution in [1.82, 2.24) is 19.7 Å². The van der Waals surface area contributed by atoms with Crippen LogP contribution in [-0.4, -0.2) is 64.1 Å². The molecule has 2 aliphatic rings. The third-order valence-corrected chi connectivity index (χ3v) is 6.41. The molecule has 2 aliphatic heterocycles. The molecule has 2 N–H and O–H groups in total. The fourth-order valence-corrected chi connectivity index (χ4v) is 4.65. The van der Waals surface area contributed by atoms with Gasteiger partial charge < -0.3 is 20.1 Å². The highest BCUT2D eigenvalue weighted by Crippen LogP contribution is 2.33. The van der Waals surface area contributed by atoms with Crippen LogP contribution in [-0.2, 0) is 16.5 Å². The number of nitrogens with two attached hydrogens (primary N) is 1. The molecule has 0 radical (unpaired) electrons. The molecular weight excluding hydrogens is 430 g/mol. The van der Waals surface area contributed by atoms with Gasteiger partial charge in [0.25, 0.3) is 0 Å². The third kappa shape index (κ3) is 4.41. The molecule has 0 spiro atoms. The van der Waals surface area contributed by atoms with Crippen LogP contribution in [0.1, 0.15) is 31.9 Å². The van der Waals surface area contributed by atoms with Crippen molar-refractivity contribution in [1.29, 1.82) is 0 Å². The zero-order valence-electron chi connectivity index (χ0n) is 19.7. The molecule has 0 aromatic carbocycles. The molecule has 5 heterocycles. The van der Waals surface area contributed by atoms with Gasteiger partial charge in [0.2, 0.25) is 0 Å². The smallest absolute Gasteiger partial charge is 0.149 e. The monoisotopic (exact) mass is 461 g/mol. The average molecular weight is 462 g/mol. The van der Waals surface area contributed by atoms with Crippen molar-refractivity contribution in [3.8, 4) is 11.3 Å². The van der Waals surface area contributed by atoms with Crippen LogP contribution in [0.25, 0.3) is 22.2 Å².